The van der Waals surface area contributed by atoms with Gasteiger partial charge in [0.05, 0.1) is 5.56 Å². The van der Waals surface area contributed by atoms with Crippen LogP contribution in [-0.4, -0.2) is 5.91 Å². The molecule has 2 rings (SSSR count). The highest BCUT2D eigenvalue weighted by Crippen LogP contribution is 2.17. The monoisotopic (exact) mass is 263 g/mol. The summed E-state index contributed by atoms with van der Waals surface area (Å²) in [4.78, 5) is 12.0. The van der Waals surface area contributed by atoms with Gasteiger partial charge in [0, 0.05) is 11.6 Å². The first-order chi connectivity index (χ1) is 8.60. The van der Waals surface area contributed by atoms with Crippen molar-refractivity contribution in [3.05, 3.63) is 53.0 Å². The third-order valence-electron chi connectivity index (χ3n) is 2.65. The summed E-state index contributed by atoms with van der Waals surface area (Å²) in [7, 11) is 0. The van der Waals surface area contributed by atoms with E-state index in [0.717, 1.165) is 17.0 Å². The van der Waals surface area contributed by atoms with Crippen molar-refractivity contribution >= 4 is 23.2 Å². The Hall–Kier alpha value is -1.74. The molecule has 0 unspecified atom stereocenters. The molecule has 1 aromatic heterocycles. The molecule has 0 aliphatic heterocycles. The molecule has 0 aliphatic rings. The van der Waals surface area contributed by atoms with E-state index in [-0.39, 0.29) is 5.91 Å². The molecule has 94 valence electrons. The smallest absolute Gasteiger partial charge is 0.259 e. The van der Waals surface area contributed by atoms with Gasteiger partial charge < -0.3 is 9.73 Å². The summed E-state index contributed by atoms with van der Waals surface area (Å²) in [5, 5.41) is 2.82. The van der Waals surface area contributed by atoms with Crippen LogP contribution in [0.1, 0.15) is 27.4 Å². The lowest BCUT2D eigenvalue weighted by molar-refractivity contribution is 0.102. The Morgan fingerprint density at radius 1 is 1.28 bits per heavy atom. The minimum Gasteiger partial charge on any atom is -0.466 e. The number of carbonyl (C=O) groups excluding carboxylic acids is 1. The summed E-state index contributed by atoms with van der Waals surface area (Å²) in [5.74, 6) is 1.66. The Bertz CT molecular complexity index is 558. The van der Waals surface area contributed by atoms with Crippen molar-refractivity contribution in [2.75, 3.05) is 5.32 Å². The second kappa shape index (κ2) is 5.27. The molecule has 0 saturated heterocycles. The van der Waals surface area contributed by atoms with Gasteiger partial charge in [-0.1, -0.05) is 12.1 Å². The fraction of sp³-hybridized carbons (Fsp3) is 0.214. The summed E-state index contributed by atoms with van der Waals surface area (Å²) in [6.45, 7) is 3.59. The van der Waals surface area contributed by atoms with Crippen LogP contribution in [0.25, 0.3) is 0 Å². The highest BCUT2D eigenvalue weighted by Gasteiger charge is 2.13. The van der Waals surface area contributed by atoms with Crippen LogP contribution >= 0.6 is 11.6 Å². The van der Waals surface area contributed by atoms with Crippen molar-refractivity contribution in [3.8, 4) is 0 Å². The molecule has 0 bridgehead atoms. The number of halogens is 1. The Kier molecular flexibility index (Phi) is 3.72. The summed E-state index contributed by atoms with van der Waals surface area (Å²) in [6.07, 6.45) is 0. The predicted molar refractivity (Wildman–Crippen MR) is 72.1 cm³/mol. The average Bonchev–Trinajstić information content (AvgIpc) is 2.69. The van der Waals surface area contributed by atoms with Crippen LogP contribution in [0.5, 0.6) is 0 Å². The van der Waals surface area contributed by atoms with Crippen LogP contribution in [-0.2, 0) is 5.88 Å². The van der Waals surface area contributed by atoms with Gasteiger partial charge >= 0.3 is 0 Å². The molecular weight excluding hydrogens is 250 g/mol. The van der Waals surface area contributed by atoms with Gasteiger partial charge in [-0.2, -0.15) is 0 Å². The number of carbonyl (C=O) groups is 1. The van der Waals surface area contributed by atoms with E-state index >= 15 is 0 Å². The molecule has 2 aromatic rings. The van der Waals surface area contributed by atoms with E-state index in [1.807, 2.05) is 31.2 Å². The number of aryl methyl sites for hydroxylation is 2. The maximum absolute atomic E-state index is 12.0. The normalized spacial score (nSPS) is 10.4. The lowest BCUT2D eigenvalue weighted by atomic mass is 10.2. The zero-order valence-corrected chi connectivity index (χ0v) is 11.0. The molecule has 1 heterocycles. The van der Waals surface area contributed by atoms with Crippen LogP contribution in [0.15, 0.2) is 34.7 Å². The van der Waals surface area contributed by atoms with E-state index in [1.165, 1.54) is 0 Å². The van der Waals surface area contributed by atoms with Crippen LogP contribution in [0, 0.1) is 13.8 Å². The zero-order valence-electron chi connectivity index (χ0n) is 10.3. The topological polar surface area (TPSA) is 42.2 Å². The first-order valence-corrected chi connectivity index (χ1v) is 6.17. The number of furan rings is 1. The molecule has 0 aliphatic carbocycles. The maximum Gasteiger partial charge on any atom is 0.259 e. The van der Waals surface area contributed by atoms with Crippen LogP contribution in [0.2, 0.25) is 0 Å². The molecule has 18 heavy (non-hydrogen) atoms. The molecule has 1 amide bonds. The second-order valence-corrected chi connectivity index (χ2v) is 4.38. The van der Waals surface area contributed by atoms with Crippen molar-refractivity contribution in [3.63, 3.8) is 0 Å². The molecule has 4 heteroatoms. The van der Waals surface area contributed by atoms with Crippen molar-refractivity contribution in [1.29, 1.82) is 0 Å². The van der Waals surface area contributed by atoms with Gasteiger partial charge in [0.25, 0.3) is 5.91 Å². The summed E-state index contributed by atoms with van der Waals surface area (Å²) in [6, 6.07) is 9.17. The van der Waals surface area contributed by atoms with E-state index in [9.17, 15) is 4.79 Å². The van der Waals surface area contributed by atoms with E-state index in [1.54, 1.807) is 13.0 Å². The third kappa shape index (κ3) is 2.74. The van der Waals surface area contributed by atoms with Gasteiger partial charge in [-0.3, -0.25) is 4.79 Å². The van der Waals surface area contributed by atoms with E-state index in [4.69, 9.17) is 16.0 Å². The Morgan fingerprint density at radius 2 is 1.94 bits per heavy atom. The molecule has 1 aromatic carbocycles. The molecule has 0 atom stereocenters. The quantitative estimate of drug-likeness (QED) is 0.854. The largest absolute Gasteiger partial charge is 0.466 e. The third-order valence-corrected chi connectivity index (χ3v) is 2.96. The fourth-order valence-corrected chi connectivity index (χ4v) is 1.91. The van der Waals surface area contributed by atoms with E-state index in [0.29, 0.717) is 17.2 Å². The Morgan fingerprint density at radius 3 is 2.44 bits per heavy atom. The number of anilines is 1. The van der Waals surface area contributed by atoms with Gasteiger partial charge in [0.2, 0.25) is 0 Å². The zero-order chi connectivity index (χ0) is 13.1. The Labute approximate surface area is 111 Å². The molecular formula is C14H14ClNO2. The summed E-state index contributed by atoms with van der Waals surface area (Å²) in [5.41, 5.74) is 2.33. The van der Waals surface area contributed by atoms with E-state index in [2.05, 4.69) is 5.32 Å². The maximum atomic E-state index is 12.0. The number of nitrogens with one attached hydrogen (secondary N) is 1. The average molecular weight is 264 g/mol. The van der Waals surface area contributed by atoms with Crippen molar-refractivity contribution < 1.29 is 9.21 Å². The number of rotatable bonds is 3. The number of hydrogen-bond donors (Lipinski definition) is 1. The first-order valence-electron chi connectivity index (χ1n) is 5.63. The molecule has 3 nitrogen and oxygen atoms in total. The summed E-state index contributed by atoms with van der Waals surface area (Å²) >= 11 is 5.70. The highest BCUT2D eigenvalue weighted by molar-refractivity contribution is 6.17. The molecule has 1 N–H and O–H groups in total. The van der Waals surface area contributed by atoms with E-state index < -0.39 is 0 Å². The van der Waals surface area contributed by atoms with Gasteiger partial charge in [-0.15, -0.1) is 11.6 Å². The van der Waals surface area contributed by atoms with Crippen LogP contribution < -0.4 is 5.32 Å². The molecule has 0 radical (unpaired) electrons. The molecule has 0 fully saturated rings. The van der Waals surface area contributed by atoms with Gasteiger partial charge in [0.15, 0.2) is 0 Å². The van der Waals surface area contributed by atoms with Gasteiger partial charge in [-0.05, 0) is 37.6 Å². The van der Waals surface area contributed by atoms with Crippen molar-refractivity contribution in [1.82, 2.24) is 0 Å². The SMILES string of the molecule is Cc1cc(C(=O)Nc2ccc(CCl)cc2)c(C)o1. The van der Waals surface area contributed by atoms with Crippen LogP contribution in [0.3, 0.4) is 0 Å². The van der Waals surface area contributed by atoms with Crippen molar-refractivity contribution in [2.45, 2.75) is 19.7 Å². The summed E-state index contributed by atoms with van der Waals surface area (Å²) < 4.78 is 5.33. The fourth-order valence-electron chi connectivity index (χ4n) is 1.73. The van der Waals surface area contributed by atoms with Gasteiger partial charge in [0.1, 0.15) is 11.5 Å². The lowest BCUT2D eigenvalue weighted by Gasteiger charge is -2.04. The lowest BCUT2D eigenvalue weighted by Crippen LogP contribution is -2.12. The number of amides is 1. The number of alkyl halides is 1. The second-order valence-electron chi connectivity index (χ2n) is 4.11. The minimum atomic E-state index is -0.164. The minimum absolute atomic E-state index is 0.164. The highest BCUT2D eigenvalue weighted by atomic mass is 35.5. The van der Waals surface area contributed by atoms with Crippen molar-refractivity contribution in [2.24, 2.45) is 0 Å². The molecule has 0 saturated carbocycles. The van der Waals surface area contributed by atoms with Crippen LogP contribution in [0.4, 0.5) is 5.69 Å². The standard InChI is InChI=1S/C14H14ClNO2/c1-9-7-13(10(2)18-9)14(17)16-12-5-3-11(8-15)4-6-12/h3-7H,8H2,1-2H3,(H,16,17). The number of benzene rings is 1. The first kappa shape index (κ1) is 12.7. The van der Waals surface area contributed by atoms with Gasteiger partial charge in [-0.25, -0.2) is 0 Å². The predicted octanol–water partition coefficient (Wildman–Crippen LogP) is 3.89. The Balaban J connectivity index is 2.13. The number of hydrogen-bond acceptors (Lipinski definition) is 2. The molecule has 0 spiro atoms.